The van der Waals surface area contributed by atoms with Gasteiger partial charge < -0.3 is 5.32 Å². The maximum atomic E-state index is 13.6. The lowest BCUT2D eigenvalue weighted by atomic mass is 9.94. The Morgan fingerprint density at radius 2 is 2.14 bits per heavy atom. The number of rotatable bonds is 1. The zero-order valence-electron chi connectivity index (χ0n) is 8.15. The van der Waals surface area contributed by atoms with E-state index in [-0.39, 0.29) is 5.82 Å². The van der Waals surface area contributed by atoms with E-state index in [2.05, 4.69) is 11.4 Å². The van der Waals surface area contributed by atoms with Crippen molar-refractivity contribution in [3.05, 3.63) is 34.6 Å². The molecule has 14 heavy (non-hydrogen) atoms. The number of nitrogens with one attached hydrogen (secondary N) is 1. The predicted molar refractivity (Wildman–Crippen MR) is 53.8 cm³/mol. The Labute approximate surface area is 83.3 Å². The van der Waals surface area contributed by atoms with Crippen LogP contribution in [0.1, 0.15) is 35.6 Å². The first-order valence-electron chi connectivity index (χ1n) is 5.39. The molecule has 1 N–H and O–H groups in total. The van der Waals surface area contributed by atoms with Crippen molar-refractivity contribution in [2.45, 2.75) is 31.7 Å². The highest BCUT2D eigenvalue weighted by Gasteiger charge is 2.23. The van der Waals surface area contributed by atoms with E-state index in [0.29, 0.717) is 6.04 Å². The summed E-state index contributed by atoms with van der Waals surface area (Å²) >= 11 is 0. The summed E-state index contributed by atoms with van der Waals surface area (Å²) in [6.45, 7) is 1.07. The second kappa shape index (κ2) is 3.06. The maximum absolute atomic E-state index is 13.6. The van der Waals surface area contributed by atoms with Gasteiger partial charge in [0.2, 0.25) is 0 Å². The topological polar surface area (TPSA) is 12.0 Å². The van der Waals surface area contributed by atoms with Crippen molar-refractivity contribution in [3.8, 4) is 0 Å². The normalized spacial score (nSPS) is 24.5. The quantitative estimate of drug-likeness (QED) is 0.718. The molecule has 2 heteroatoms. The first-order chi connectivity index (χ1) is 6.84. The van der Waals surface area contributed by atoms with Gasteiger partial charge in [-0.15, -0.1) is 0 Å². The van der Waals surface area contributed by atoms with Crippen LogP contribution in [0, 0.1) is 5.82 Å². The smallest absolute Gasteiger partial charge is 0.127 e. The molecule has 1 saturated heterocycles. The minimum absolute atomic E-state index is 0.0173. The molecule has 1 heterocycles. The van der Waals surface area contributed by atoms with Crippen molar-refractivity contribution in [1.82, 2.24) is 5.32 Å². The van der Waals surface area contributed by atoms with Crippen LogP contribution in [-0.2, 0) is 12.8 Å². The number of halogens is 1. The molecule has 0 radical (unpaired) electrons. The molecule has 0 saturated carbocycles. The molecule has 2 aliphatic rings. The molecule has 0 unspecified atom stereocenters. The van der Waals surface area contributed by atoms with Gasteiger partial charge in [-0.2, -0.15) is 0 Å². The Balaban J connectivity index is 2.02. The highest BCUT2D eigenvalue weighted by atomic mass is 19.1. The van der Waals surface area contributed by atoms with Gasteiger partial charge >= 0.3 is 0 Å². The second-order valence-electron chi connectivity index (χ2n) is 4.29. The third kappa shape index (κ3) is 1.17. The van der Waals surface area contributed by atoms with E-state index in [9.17, 15) is 4.39 Å². The first kappa shape index (κ1) is 8.42. The number of benzene rings is 1. The molecule has 0 bridgehead atoms. The zero-order chi connectivity index (χ0) is 9.54. The molecule has 1 aromatic rings. The van der Waals surface area contributed by atoms with Gasteiger partial charge in [0.1, 0.15) is 5.82 Å². The van der Waals surface area contributed by atoms with Crippen LogP contribution < -0.4 is 5.32 Å². The molecule has 1 atom stereocenters. The van der Waals surface area contributed by atoms with Crippen molar-refractivity contribution in [2.24, 2.45) is 0 Å². The molecule has 3 rings (SSSR count). The van der Waals surface area contributed by atoms with Crippen molar-refractivity contribution in [3.63, 3.8) is 0 Å². The zero-order valence-corrected chi connectivity index (χ0v) is 8.15. The average Bonchev–Trinajstić information content (AvgIpc) is 2.48. The summed E-state index contributed by atoms with van der Waals surface area (Å²) in [4.78, 5) is 0. The molecular weight excluding hydrogens is 177 g/mol. The Bertz CT molecular complexity index is 369. The van der Waals surface area contributed by atoms with E-state index < -0.39 is 0 Å². The largest absolute Gasteiger partial charge is 0.310 e. The van der Waals surface area contributed by atoms with Gasteiger partial charge in [-0.05, 0) is 55.0 Å². The number of hydrogen-bond donors (Lipinski definition) is 1. The fraction of sp³-hybridized carbons (Fsp3) is 0.500. The van der Waals surface area contributed by atoms with Crippen LogP contribution in [0.15, 0.2) is 12.1 Å². The lowest BCUT2D eigenvalue weighted by Gasteiger charge is -2.28. The van der Waals surface area contributed by atoms with Crippen LogP contribution in [0.5, 0.6) is 0 Å². The van der Waals surface area contributed by atoms with E-state index >= 15 is 0 Å². The van der Waals surface area contributed by atoms with E-state index in [1.807, 2.05) is 0 Å². The average molecular weight is 191 g/mol. The molecule has 0 aromatic heterocycles. The summed E-state index contributed by atoms with van der Waals surface area (Å²) in [5, 5.41) is 3.31. The summed E-state index contributed by atoms with van der Waals surface area (Å²) in [7, 11) is 0. The van der Waals surface area contributed by atoms with E-state index in [4.69, 9.17) is 0 Å². The SMILES string of the molecule is Fc1cc([C@@H]2CCN2)cc2c1CCC2. The van der Waals surface area contributed by atoms with Gasteiger partial charge in [0.15, 0.2) is 0 Å². The Morgan fingerprint density at radius 3 is 2.86 bits per heavy atom. The van der Waals surface area contributed by atoms with Crippen LogP contribution in [0.25, 0.3) is 0 Å². The minimum Gasteiger partial charge on any atom is -0.310 e. The molecule has 0 spiro atoms. The van der Waals surface area contributed by atoms with Crippen LogP contribution >= 0.6 is 0 Å². The molecule has 1 aromatic carbocycles. The van der Waals surface area contributed by atoms with Gasteiger partial charge in [0.25, 0.3) is 0 Å². The van der Waals surface area contributed by atoms with E-state index in [1.165, 1.54) is 5.56 Å². The van der Waals surface area contributed by atoms with Gasteiger partial charge in [0.05, 0.1) is 0 Å². The lowest BCUT2D eigenvalue weighted by Crippen LogP contribution is -2.35. The van der Waals surface area contributed by atoms with Crippen molar-refractivity contribution < 1.29 is 4.39 Å². The standard InChI is InChI=1S/C12H14FN/c13-11-7-9(12-4-5-14-12)6-8-2-1-3-10(8)11/h6-7,12,14H,1-5H2/t12-/m0/s1. The molecule has 1 aliphatic carbocycles. The summed E-state index contributed by atoms with van der Waals surface area (Å²) < 4.78 is 13.6. The third-order valence-corrected chi connectivity index (χ3v) is 3.41. The van der Waals surface area contributed by atoms with Crippen LogP contribution in [0.4, 0.5) is 4.39 Å². The van der Waals surface area contributed by atoms with Gasteiger partial charge in [-0.25, -0.2) is 4.39 Å². The van der Waals surface area contributed by atoms with Crippen molar-refractivity contribution in [2.75, 3.05) is 6.54 Å². The van der Waals surface area contributed by atoms with Gasteiger partial charge in [-0.3, -0.25) is 0 Å². The maximum Gasteiger partial charge on any atom is 0.127 e. The fourth-order valence-corrected chi connectivity index (χ4v) is 2.45. The highest BCUT2D eigenvalue weighted by Crippen LogP contribution is 2.31. The van der Waals surface area contributed by atoms with Crippen LogP contribution in [0.3, 0.4) is 0 Å². The summed E-state index contributed by atoms with van der Waals surface area (Å²) in [6, 6.07) is 4.33. The van der Waals surface area contributed by atoms with Crippen LogP contribution in [-0.4, -0.2) is 6.54 Å². The second-order valence-corrected chi connectivity index (χ2v) is 4.29. The summed E-state index contributed by atoms with van der Waals surface area (Å²) in [6.07, 6.45) is 4.26. The first-order valence-corrected chi connectivity index (χ1v) is 5.39. The van der Waals surface area contributed by atoms with E-state index in [1.54, 1.807) is 6.07 Å². The van der Waals surface area contributed by atoms with Gasteiger partial charge in [-0.1, -0.05) is 6.07 Å². The Morgan fingerprint density at radius 1 is 1.29 bits per heavy atom. The molecule has 1 aliphatic heterocycles. The number of fused-ring (bicyclic) bond motifs is 1. The third-order valence-electron chi connectivity index (χ3n) is 3.41. The summed E-state index contributed by atoms with van der Waals surface area (Å²) in [5.74, 6) is 0.0173. The van der Waals surface area contributed by atoms with E-state index in [0.717, 1.165) is 43.4 Å². The monoisotopic (exact) mass is 191 g/mol. The molecule has 74 valence electrons. The minimum atomic E-state index is 0.0173. The molecule has 1 fully saturated rings. The Kier molecular flexibility index (Phi) is 1.84. The fourth-order valence-electron chi connectivity index (χ4n) is 2.45. The number of aryl methyl sites for hydroxylation is 1. The number of hydrogen-bond acceptors (Lipinski definition) is 1. The Hall–Kier alpha value is -0.890. The van der Waals surface area contributed by atoms with Gasteiger partial charge in [0, 0.05) is 6.04 Å². The molecule has 0 amide bonds. The van der Waals surface area contributed by atoms with Crippen molar-refractivity contribution in [1.29, 1.82) is 0 Å². The summed E-state index contributed by atoms with van der Waals surface area (Å²) in [5.41, 5.74) is 3.36. The van der Waals surface area contributed by atoms with Crippen molar-refractivity contribution >= 4 is 0 Å². The molecular formula is C12H14FN. The highest BCUT2D eigenvalue weighted by molar-refractivity contribution is 5.38. The van der Waals surface area contributed by atoms with Crippen LogP contribution in [0.2, 0.25) is 0 Å². The molecule has 1 nitrogen and oxygen atoms in total. The lowest BCUT2D eigenvalue weighted by molar-refractivity contribution is 0.381. The predicted octanol–water partition coefficient (Wildman–Crippen LogP) is 2.35.